The summed E-state index contributed by atoms with van der Waals surface area (Å²) in [6.45, 7) is 2.63. The van der Waals surface area contributed by atoms with Crippen LogP contribution in [0.5, 0.6) is 0 Å². The molecule has 2 heterocycles. The third-order valence-corrected chi connectivity index (χ3v) is 4.51. The molecule has 1 atom stereocenters. The van der Waals surface area contributed by atoms with E-state index in [9.17, 15) is 4.39 Å². The summed E-state index contributed by atoms with van der Waals surface area (Å²) in [6.07, 6.45) is 2.39. The number of hydrogen-bond donors (Lipinski definition) is 1. The maximum Gasteiger partial charge on any atom is 0.124 e. The molecular weight excluding hydrogens is 249 g/mol. The molecule has 1 aromatic carbocycles. The van der Waals surface area contributed by atoms with Crippen LogP contribution < -0.4 is 5.73 Å². The fourth-order valence-electron chi connectivity index (χ4n) is 2.56. The molecule has 0 amide bonds. The third-order valence-electron chi connectivity index (χ3n) is 3.50. The van der Waals surface area contributed by atoms with Gasteiger partial charge in [-0.1, -0.05) is 0 Å². The van der Waals surface area contributed by atoms with Gasteiger partial charge in [0.2, 0.25) is 0 Å². The summed E-state index contributed by atoms with van der Waals surface area (Å²) in [5.74, 6) is -0.196. The molecule has 1 saturated heterocycles. The third kappa shape index (κ3) is 2.25. The van der Waals surface area contributed by atoms with Crippen LogP contribution in [0.4, 0.5) is 4.39 Å². The summed E-state index contributed by atoms with van der Waals surface area (Å²) in [6, 6.07) is 5.24. The maximum absolute atomic E-state index is 13.1. The monoisotopic (exact) mass is 265 g/mol. The van der Waals surface area contributed by atoms with E-state index < -0.39 is 0 Å². The minimum absolute atomic E-state index is 0.196. The van der Waals surface area contributed by atoms with Gasteiger partial charge in [0.05, 0.1) is 16.8 Å². The Morgan fingerprint density at radius 1 is 1.50 bits per heavy atom. The number of thiazole rings is 1. The normalized spacial score (nSPS) is 20.9. The summed E-state index contributed by atoms with van der Waals surface area (Å²) in [4.78, 5) is 6.94. The van der Waals surface area contributed by atoms with E-state index in [0.29, 0.717) is 12.6 Å². The molecule has 2 N–H and O–H groups in total. The molecule has 0 bridgehead atoms. The predicted molar refractivity (Wildman–Crippen MR) is 72.1 cm³/mol. The zero-order valence-electron chi connectivity index (χ0n) is 10.1. The molecule has 0 spiro atoms. The van der Waals surface area contributed by atoms with Gasteiger partial charge < -0.3 is 5.73 Å². The second-order valence-electron chi connectivity index (χ2n) is 4.72. The smallest absolute Gasteiger partial charge is 0.124 e. The van der Waals surface area contributed by atoms with Crippen molar-refractivity contribution in [3.8, 4) is 0 Å². The van der Waals surface area contributed by atoms with Gasteiger partial charge in [0.15, 0.2) is 0 Å². The van der Waals surface area contributed by atoms with Crippen LogP contribution in [0.15, 0.2) is 18.2 Å². The summed E-state index contributed by atoms with van der Waals surface area (Å²) < 4.78 is 14.0. The Labute approximate surface area is 109 Å². The van der Waals surface area contributed by atoms with Crippen molar-refractivity contribution in [1.82, 2.24) is 9.88 Å². The van der Waals surface area contributed by atoms with E-state index in [1.165, 1.54) is 18.9 Å². The first-order valence-corrected chi connectivity index (χ1v) is 7.07. The number of aromatic nitrogens is 1. The fraction of sp³-hybridized carbons (Fsp3) is 0.462. The molecule has 1 aliphatic rings. The van der Waals surface area contributed by atoms with Crippen molar-refractivity contribution in [1.29, 1.82) is 0 Å². The van der Waals surface area contributed by atoms with Crippen molar-refractivity contribution >= 4 is 21.6 Å². The SMILES string of the molecule is NCC1CCCN1Cc1nc2ccc(F)cc2s1. The van der Waals surface area contributed by atoms with Crippen LogP contribution in [0.1, 0.15) is 17.8 Å². The lowest BCUT2D eigenvalue weighted by molar-refractivity contribution is 0.250. The predicted octanol–water partition coefficient (Wildman–Crippen LogP) is 2.36. The molecule has 5 heteroatoms. The molecule has 96 valence electrons. The summed E-state index contributed by atoms with van der Waals surface area (Å²) in [5.41, 5.74) is 6.65. The van der Waals surface area contributed by atoms with Gasteiger partial charge in [-0.25, -0.2) is 9.37 Å². The summed E-state index contributed by atoms with van der Waals surface area (Å²) in [7, 11) is 0. The van der Waals surface area contributed by atoms with Crippen molar-refractivity contribution in [3.63, 3.8) is 0 Å². The number of nitrogens with two attached hydrogens (primary N) is 1. The molecule has 3 nitrogen and oxygen atoms in total. The number of benzene rings is 1. The molecule has 1 aromatic heterocycles. The van der Waals surface area contributed by atoms with E-state index >= 15 is 0 Å². The average Bonchev–Trinajstić information content (AvgIpc) is 2.94. The Balaban J connectivity index is 1.82. The lowest BCUT2D eigenvalue weighted by Crippen LogP contribution is -2.34. The highest BCUT2D eigenvalue weighted by Crippen LogP contribution is 2.26. The Morgan fingerprint density at radius 2 is 2.39 bits per heavy atom. The van der Waals surface area contributed by atoms with E-state index in [-0.39, 0.29) is 5.82 Å². The van der Waals surface area contributed by atoms with E-state index in [1.807, 2.05) is 0 Å². The lowest BCUT2D eigenvalue weighted by atomic mass is 10.2. The lowest BCUT2D eigenvalue weighted by Gasteiger charge is -2.21. The zero-order chi connectivity index (χ0) is 12.5. The zero-order valence-corrected chi connectivity index (χ0v) is 10.9. The van der Waals surface area contributed by atoms with Crippen molar-refractivity contribution in [2.45, 2.75) is 25.4 Å². The Morgan fingerprint density at radius 3 is 3.22 bits per heavy atom. The number of rotatable bonds is 3. The van der Waals surface area contributed by atoms with Gasteiger partial charge in [-0.3, -0.25) is 4.90 Å². The van der Waals surface area contributed by atoms with Gasteiger partial charge in [0.1, 0.15) is 10.8 Å². The van der Waals surface area contributed by atoms with Crippen LogP contribution in [0.25, 0.3) is 10.2 Å². The van der Waals surface area contributed by atoms with Gasteiger partial charge in [-0.15, -0.1) is 11.3 Å². The fourth-order valence-corrected chi connectivity index (χ4v) is 3.58. The number of hydrogen-bond acceptors (Lipinski definition) is 4. The number of fused-ring (bicyclic) bond motifs is 1. The quantitative estimate of drug-likeness (QED) is 0.926. The highest BCUT2D eigenvalue weighted by molar-refractivity contribution is 7.18. The Kier molecular flexibility index (Phi) is 3.28. The van der Waals surface area contributed by atoms with Crippen LogP contribution >= 0.6 is 11.3 Å². The van der Waals surface area contributed by atoms with Crippen LogP contribution in [0, 0.1) is 5.82 Å². The molecule has 1 unspecified atom stereocenters. The highest BCUT2D eigenvalue weighted by atomic mass is 32.1. The topological polar surface area (TPSA) is 42.1 Å². The summed E-state index contributed by atoms with van der Waals surface area (Å²) in [5, 5.41) is 1.05. The number of halogens is 1. The first kappa shape index (κ1) is 12.0. The van der Waals surface area contributed by atoms with E-state index in [2.05, 4.69) is 9.88 Å². The first-order valence-electron chi connectivity index (χ1n) is 6.25. The van der Waals surface area contributed by atoms with Crippen molar-refractivity contribution in [2.75, 3.05) is 13.1 Å². The Hall–Kier alpha value is -1.04. The standard InChI is InChI=1S/C13H16FN3S/c14-9-3-4-11-12(6-9)18-13(16-11)8-17-5-1-2-10(17)7-15/h3-4,6,10H,1-2,5,7-8,15H2. The second kappa shape index (κ2) is 4.91. The van der Waals surface area contributed by atoms with Gasteiger partial charge in [0.25, 0.3) is 0 Å². The maximum atomic E-state index is 13.1. The van der Waals surface area contributed by atoms with Gasteiger partial charge in [-0.2, -0.15) is 0 Å². The molecule has 0 radical (unpaired) electrons. The molecule has 1 fully saturated rings. The number of likely N-dealkylation sites (tertiary alicyclic amines) is 1. The number of nitrogens with zero attached hydrogens (tertiary/aromatic N) is 2. The molecular formula is C13H16FN3S. The molecule has 1 aliphatic heterocycles. The highest BCUT2D eigenvalue weighted by Gasteiger charge is 2.23. The average molecular weight is 265 g/mol. The van der Waals surface area contributed by atoms with Crippen LogP contribution in [-0.4, -0.2) is 29.0 Å². The van der Waals surface area contributed by atoms with Gasteiger partial charge in [-0.05, 0) is 37.6 Å². The minimum Gasteiger partial charge on any atom is -0.329 e. The molecule has 0 aliphatic carbocycles. The van der Waals surface area contributed by atoms with Gasteiger partial charge in [0, 0.05) is 12.6 Å². The molecule has 3 rings (SSSR count). The van der Waals surface area contributed by atoms with E-state index in [1.54, 1.807) is 23.5 Å². The molecule has 0 saturated carbocycles. The summed E-state index contributed by atoms with van der Waals surface area (Å²) >= 11 is 1.58. The van der Waals surface area contributed by atoms with Crippen LogP contribution in [0.3, 0.4) is 0 Å². The molecule has 2 aromatic rings. The van der Waals surface area contributed by atoms with E-state index in [4.69, 9.17) is 5.73 Å². The first-order chi connectivity index (χ1) is 8.76. The van der Waals surface area contributed by atoms with Crippen molar-refractivity contribution in [2.24, 2.45) is 5.73 Å². The van der Waals surface area contributed by atoms with Crippen molar-refractivity contribution in [3.05, 3.63) is 29.0 Å². The Bertz CT molecular complexity index is 554. The largest absolute Gasteiger partial charge is 0.329 e. The second-order valence-corrected chi connectivity index (χ2v) is 5.84. The van der Waals surface area contributed by atoms with E-state index in [0.717, 1.165) is 28.3 Å². The van der Waals surface area contributed by atoms with Gasteiger partial charge >= 0.3 is 0 Å². The molecule has 18 heavy (non-hydrogen) atoms. The van der Waals surface area contributed by atoms with Crippen LogP contribution in [-0.2, 0) is 6.54 Å². The minimum atomic E-state index is -0.196. The van der Waals surface area contributed by atoms with Crippen LogP contribution in [0.2, 0.25) is 0 Å². The van der Waals surface area contributed by atoms with Crippen molar-refractivity contribution < 1.29 is 4.39 Å².